The van der Waals surface area contributed by atoms with Gasteiger partial charge in [0.2, 0.25) is 0 Å². The van der Waals surface area contributed by atoms with E-state index >= 15 is 0 Å². The minimum absolute atomic E-state index is 0.160. The van der Waals surface area contributed by atoms with E-state index in [1.165, 1.54) is 10.4 Å². The van der Waals surface area contributed by atoms with E-state index in [4.69, 9.17) is 17.3 Å². The Morgan fingerprint density at radius 2 is 2.24 bits per heavy atom. The normalized spacial score (nSPS) is 12.9. The molecular formula is C13H17ClN2S. The van der Waals surface area contributed by atoms with Crippen LogP contribution in [0, 0.1) is 0 Å². The molecule has 17 heavy (non-hydrogen) atoms. The zero-order chi connectivity index (χ0) is 12.3. The van der Waals surface area contributed by atoms with Crippen LogP contribution in [0.4, 0.5) is 0 Å². The van der Waals surface area contributed by atoms with Gasteiger partial charge in [-0.2, -0.15) is 0 Å². The zero-order valence-electron chi connectivity index (χ0n) is 9.90. The Hall–Kier alpha value is -0.770. The molecule has 2 aromatic heterocycles. The van der Waals surface area contributed by atoms with E-state index in [0.29, 0.717) is 0 Å². The molecule has 0 aliphatic rings. The first-order valence-electron chi connectivity index (χ1n) is 5.84. The fourth-order valence-electron chi connectivity index (χ4n) is 1.87. The standard InChI is InChI=1S/C13H17ClN2S/c1-2-3-12(15)10-6-7-16(8-10)9-11-4-5-13(14)17-11/h4-8,12H,2-3,9,15H2,1H3. The topological polar surface area (TPSA) is 30.9 Å². The number of aromatic nitrogens is 1. The molecule has 2 N–H and O–H groups in total. The molecular weight excluding hydrogens is 252 g/mol. The van der Waals surface area contributed by atoms with Gasteiger partial charge >= 0.3 is 0 Å². The van der Waals surface area contributed by atoms with E-state index in [-0.39, 0.29) is 6.04 Å². The van der Waals surface area contributed by atoms with Crippen molar-refractivity contribution in [3.8, 4) is 0 Å². The van der Waals surface area contributed by atoms with Crippen molar-refractivity contribution in [2.75, 3.05) is 0 Å². The first kappa shape index (κ1) is 12.7. The van der Waals surface area contributed by atoms with Gasteiger partial charge in [-0.3, -0.25) is 0 Å². The Balaban J connectivity index is 2.03. The average Bonchev–Trinajstić information content (AvgIpc) is 2.89. The summed E-state index contributed by atoms with van der Waals surface area (Å²) >= 11 is 7.54. The molecule has 0 amide bonds. The van der Waals surface area contributed by atoms with Crippen molar-refractivity contribution < 1.29 is 0 Å². The van der Waals surface area contributed by atoms with Crippen molar-refractivity contribution in [2.24, 2.45) is 5.73 Å². The number of thiophene rings is 1. The van der Waals surface area contributed by atoms with Crippen LogP contribution in [0.1, 0.15) is 36.2 Å². The van der Waals surface area contributed by atoms with Gasteiger partial charge in [0.15, 0.2) is 0 Å². The van der Waals surface area contributed by atoms with Crippen molar-refractivity contribution in [3.63, 3.8) is 0 Å². The lowest BCUT2D eigenvalue weighted by molar-refractivity contribution is 0.636. The molecule has 0 aromatic carbocycles. The highest BCUT2D eigenvalue weighted by atomic mass is 35.5. The second-order valence-corrected chi connectivity index (χ2v) is 6.02. The predicted octanol–water partition coefficient (Wildman–Crippen LogP) is 4.05. The lowest BCUT2D eigenvalue weighted by atomic mass is 10.1. The first-order chi connectivity index (χ1) is 8.19. The van der Waals surface area contributed by atoms with Crippen LogP contribution in [0.25, 0.3) is 0 Å². The first-order valence-corrected chi connectivity index (χ1v) is 7.04. The summed E-state index contributed by atoms with van der Waals surface area (Å²) in [7, 11) is 0. The van der Waals surface area contributed by atoms with Gasteiger partial charge in [-0.05, 0) is 30.2 Å². The highest BCUT2D eigenvalue weighted by Gasteiger charge is 2.07. The molecule has 0 saturated heterocycles. The Kier molecular flexibility index (Phi) is 4.26. The Labute approximate surface area is 111 Å². The molecule has 1 unspecified atom stereocenters. The van der Waals surface area contributed by atoms with Gasteiger partial charge in [0, 0.05) is 23.3 Å². The third-order valence-electron chi connectivity index (χ3n) is 2.77. The summed E-state index contributed by atoms with van der Waals surface area (Å²) in [6.45, 7) is 3.03. The van der Waals surface area contributed by atoms with Gasteiger partial charge in [-0.1, -0.05) is 24.9 Å². The highest BCUT2D eigenvalue weighted by Crippen LogP contribution is 2.23. The van der Waals surface area contributed by atoms with Crippen LogP contribution in [0.15, 0.2) is 30.6 Å². The molecule has 2 aromatic rings. The molecule has 0 spiro atoms. The predicted molar refractivity (Wildman–Crippen MR) is 74.7 cm³/mol. The van der Waals surface area contributed by atoms with E-state index in [1.807, 2.05) is 6.07 Å². The molecule has 2 rings (SSSR count). The lowest BCUT2D eigenvalue weighted by Crippen LogP contribution is -2.08. The number of halogens is 1. The van der Waals surface area contributed by atoms with Crippen molar-refractivity contribution in [1.82, 2.24) is 4.57 Å². The third kappa shape index (κ3) is 3.35. The van der Waals surface area contributed by atoms with Crippen LogP contribution < -0.4 is 5.73 Å². The van der Waals surface area contributed by atoms with E-state index in [9.17, 15) is 0 Å². The fraction of sp³-hybridized carbons (Fsp3) is 0.385. The van der Waals surface area contributed by atoms with Crippen LogP contribution in [-0.2, 0) is 6.54 Å². The highest BCUT2D eigenvalue weighted by molar-refractivity contribution is 7.16. The minimum atomic E-state index is 0.160. The van der Waals surface area contributed by atoms with Crippen molar-refractivity contribution >= 4 is 22.9 Å². The molecule has 0 aliphatic carbocycles. The minimum Gasteiger partial charge on any atom is -0.349 e. The monoisotopic (exact) mass is 268 g/mol. The van der Waals surface area contributed by atoms with Gasteiger partial charge in [0.25, 0.3) is 0 Å². The zero-order valence-corrected chi connectivity index (χ0v) is 11.5. The molecule has 4 heteroatoms. The van der Waals surface area contributed by atoms with Gasteiger partial charge in [-0.15, -0.1) is 11.3 Å². The van der Waals surface area contributed by atoms with E-state index in [0.717, 1.165) is 23.7 Å². The van der Waals surface area contributed by atoms with Crippen molar-refractivity contribution in [3.05, 3.63) is 45.4 Å². The molecule has 2 nitrogen and oxygen atoms in total. The van der Waals surface area contributed by atoms with Crippen LogP contribution in [0.3, 0.4) is 0 Å². The van der Waals surface area contributed by atoms with Crippen LogP contribution in [-0.4, -0.2) is 4.57 Å². The number of hydrogen-bond donors (Lipinski definition) is 1. The molecule has 0 aliphatic heterocycles. The number of rotatable bonds is 5. The summed E-state index contributed by atoms with van der Waals surface area (Å²) in [6.07, 6.45) is 6.37. The SMILES string of the molecule is CCCC(N)c1ccn(Cc2ccc(Cl)s2)c1. The van der Waals surface area contributed by atoms with Gasteiger partial charge < -0.3 is 10.3 Å². The average molecular weight is 269 g/mol. The van der Waals surface area contributed by atoms with Gasteiger partial charge in [0.1, 0.15) is 0 Å². The Morgan fingerprint density at radius 3 is 2.88 bits per heavy atom. The maximum absolute atomic E-state index is 6.08. The molecule has 0 fully saturated rings. The molecule has 2 heterocycles. The van der Waals surface area contributed by atoms with E-state index < -0.39 is 0 Å². The lowest BCUT2D eigenvalue weighted by Gasteiger charge is -2.07. The number of nitrogens with two attached hydrogens (primary N) is 1. The number of nitrogens with zero attached hydrogens (tertiary/aromatic N) is 1. The maximum Gasteiger partial charge on any atom is 0.0931 e. The van der Waals surface area contributed by atoms with Crippen LogP contribution >= 0.6 is 22.9 Å². The van der Waals surface area contributed by atoms with Crippen molar-refractivity contribution in [2.45, 2.75) is 32.4 Å². The third-order valence-corrected chi connectivity index (χ3v) is 3.98. The summed E-state index contributed by atoms with van der Waals surface area (Å²) in [5.41, 5.74) is 7.30. The molecule has 0 saturated carbocycles. The second-order valence-electron chi connectivity index (χ2n) is 4.22. The number of hydrogen-bond acceptors (Lipinski definition) is 2. The van der Waals surface area contributed by atoms with Gasteiger partial charge in [0.05, 0.1) is 10.9 Å². The molecule has 1 atom stereocenters. The fourth-order valence-corrected chi connectivity index (χ4v) is 2.97. The van der Waals surface area contributed by atoms with Crippen LogP contribution in [0.5, 0.6) is 0 Å². The van der Waals surface area contributed by atoms with E-state index in [1.54, 1.807) is 11.3 Å². The summed E-state index contributed by atoms with van der Waals surface area (Å²) in [6, 6.07) is 6.27. The van der Waals surface area contributed by atoms with Crippen molar-refractivity contribution in [1.29, 1.82) is 0 Å². The Bertz CT molecular complexity index is 475. The summed E-state index contributed by atoms with van der Waals surface area (Å²) in [5, 5.41) is 0. The summed E-state index contributed by atoms with van der Waals surface area (Å²) < 4.78 is 3.00. The molecule has 92 valence electrons. The molecule has 0 bridgehead atoms. The quantitative estimate of drug-likeness (QED) is 0.871. The second kappa shape index (κ2) is 5.71. The van der Waals surface area contributed by atoms with Crippen LogP contribution in [0.2, 0.25) is 4.34 Å². The summed E-state index contributed by atoms with van der Waals surface area (Å²) in [5.74, 6) is 0. The van der Waals surface area contributed by atoms with Gasteiger partial charge in [-0.25, -0.2) is 0 Å². The maximum atomic E-state index is 6.08. The smallest absolute Gasteiger partial charge is 0.0931 e. The largest absolute Gasteiger partial charge is 0.349 e. The van der Waals surface area contributed by atoms with E-state index in [2.05, 4.69) is 36.0 Å². The Morgan fingerprint density at radius 1 is 1.41 bits per heavy atom. The molecule has 0 radical (unpaired) electrons. The summed E-state index contributed by atoms with van der Waals surface area (Å²) in [4.78, 5) is 1.27.